The van der Waals surface area contributed by atoms with E-state index in [4.69, 9.17) is 4.74 Å². The number of carbonyl (C=O) groups excluding carboxylic acids is 1. The van der Waals surface area contributed by atoms with E-state index in [0.29, 0.717) is 5.92 Å². The molecule has 2 saturated heterocycles. The van der Waals surface area contributed by atoms with E-state index in [1.165, 1.54) is 12.8 Å². The van der Waals surface area contributed by atoms with Crippen molar-refractivity contribution >= 4 is 11.9 Å². The quantitative estimate of drug-likeness (QED) is 0.793. The first kappa shape index (κ1) is 12.1. The molecule has 3 fully saturated rings. The maximum Gasteiger partial charge on any atom is 0.248 e. The summed E-state index contributed by atoms with van der Waals surface area (Å²) in [4.78, 5) is 24.8. The number of aromatic nitrogens is 2. The minimum absolute atomic E-state index is 0.0928. The molecule has 0 aromatic carbocycles. The van der Waals surface area contributed by atoms with Gasteiger partial charge < -0.3 is 14.5 Å². The second kappa shape index (κ2) is 4.70. The Morgan fingerprint density at radius 3 is 2.80 bits per heavy atom. The monoisotopic (exact) mass is 274 g/mol. The summed E-state index contributed by atoms with van der Waals surface area (Å²) in [5.74, 6) is 1.57. The van der Waals surface area contributed by atoms with Crippen LogP contribution in [0.4, 0.5) is 5.95 Å². The summed E-state index contributed by atoms with van der Waals surface area (Å²) in [6, 6.07) is 1.96. The van der Waals surface area contributed by atoms with Crippen LogP contribution in [0.2, 0.25) is 0 Å². The molecule has 0 radical (unpaired) electrons. The summed E-state index contributed by atoms with van der Waals surface area (Å²) < 4.78 is 5.71. The molecule has 1 aliphatic carbocycles. The highest BCUT2D eigenvalue weighted by atomic mass is 16.5. The SMILES string of the molecule is O=C1COC2CN(c3ncccn3)CC2N1CC1CC1. The van der Waals surface area contributed by atoms with Crippen molar-refractivity contribution in [1.82, 2.24) is 14.9 Å². The van der Waals surface area contributed by atoms with Crippen LogP contribution in [-0.4, -0.2) is 59.2 Å². The van der Waals surface area contributed by atoms with Gasteiger partial charge in [-0.2, -0.15) is 0 Å². The van der Waals surface area contributed by atoms with Gasteiger partial charge >= 0.3 is 0 Å². The molecule has 3 aliphatic rings. The summed E-state index contributed by atoms with van der Waals surface area (Å²) in [7, 11) is 0. The Balaban J connectivity index is 1.52. The summed E-state index contributed by atoms with van der Waals surface area (Å²) in [5.41, 5.74) is 0. The molecule has 3 heterocycles. The average Bonchev–Trinajstić information content (AvgIpc) is 3.19. The van der Waals surface area contributed by atoms with Crippen LogP contribution in [0.1, 0.15) is 12.8 Å². The van der Waals surface area contributed by atoms with Crippen molar-refractivity contribution in [2.24, 2.45) is 5.92 Å². The number of anilines is 1. The Morgan fingerprint density at radius 1 is 1.25 bits per heavy atom. The number of hydrogen-bond donors (Lipinski definition) is 0. The molecule has 2 aliphatic heterocycles. The summed E-state index contributed by atoms with van der Waals surface area (Å²) >= 11 is 0. The fourth-order valence-electron chi connectivity index (χ4n) is 3.10. The smallest absolute Gasteiger partial charge is 0.248 e. The minimum Gasteiger partial charge on any atom is -0.364 e. The van der Waals surface area contributed by atoms with E-state index in [1.807, 2.05) is 11.0 Å². The van der Waals surface area contributed by atoms with Gasteiger partial charge in [0.1, 0.15) is 6.61 Å². The highest BCUT2D eigenvalue weighted by Gasteiger charge is 2.45. The second-order valence-corrected chi connectivity index (χ2v) is 5.86. The van der Waals surface area contributed by atoms with E-state index >= 15 is 0 Å². The van der Waals surface area contributed by atoms with Gasteiger partial charge in [-0.15, -0.1) is 0 Å². The number of hydrogen-bond acceptors (Lipinski definition) is 5. The minimum atomic E-state index is 0.0928. The fourth-order valence-corrected chi connectivity index (χ4v) is 3.10. The number of ether oxygens (including phenoxy) is 1. The number of amides is 1. The van der Waals surface area contributed by atoms with Crippen LogP contribution in [0, 0.1) is 5.92 Å². The molecule has 2 atom stereocenters. The number of rotatable bonds is 3. The maximum absolute atomic E-state index is 12.1. The number of morpholine rings is 1. The van der Waals surface area contributed by atoms with E-state index in [-0.39, 0.29) is 24.7 Å². The zero-order chi connectivity index (χ0) is 13.5. The fraction of sp³-hybridized carbons (Fsp3) is 0.643. The Bertz CT molecular complexity index is 505. The first-order valence-electron chi connectivity index (χ1n) is 7.24. The lowest BCUT2D eigenvalue weighted by atomic mass is 10.1. The van der Waals surface area contributed by atoms with Gasteiger partial charge in [-0.05, 0) is 24.8 Å². The lowest BCUT2D eigenvalue weighted by Crippen LogP contribution is -2.54. The third-order valence-corrected chi connectivity index (χ3v) is 4.37. The molecule has 1 amide bonds. The standard InChI is InChI=1S/C14H18N4O2/c19-13-9-20-12-8-17(14-15-4-1-5-16-14)7-11(12)18(13)6-10-2-3-10/h1,4-5,10-12H,2-3,6-9H2. The van der Waals surface area contributed by atoms with Crippen LogP contribution in [-0.2, 0) is 9.53 Å². The molecule has 4 rings (SSSR count). The van der Waals surface area contributed by atoms with Crippen LogP contribution < -0.4 is 4.90 Å². The summed E-state index contributed by atoms with van der Waals surface area (Å²) in [6.07, 6.45) is 6.10. The Hall–Kier alpha value is -1.69. The summed E-state index contributed by atoms with van der Waals surface area (Å²) in [6.45, 7) is 2.65. The van der Waals surface area contributed by atoms with Gasteiger partial charge in [-0.3, -0.25) is 4.79 Å². The van der Waals surface area contributed by atoms with Crippen molar-refractivity contribution in [3.05, 3.63) is 18.5 Å². The number of fused-ring (bicyclic) bond motifs is 1. The van der Waals surface area contributed by atoms with Crippen LogP contribution in [0.25, 0.3) is 0 Å². The van der Waals surface area contributed by atoms with Gasteiger partial charge in [0.05, 0.1) is 12.1 Å². The highest BCUT2D eigenvalue weighted by molar-refractivity contribution is 5.79. The van der Waals surface area contributed by atoms with Gasteiger partial charge in [0.15, 0.2) is 0 Å². The molecule has 20 heavy (non-hydrogen) atoms. The van der Waals surface area contributed by atoms with Crippen LogP contribution >= 0.6 is 0 Å². The predicted octanol–water partition coefficient (Wildman–Crippen LogP) is 0.303. The highest BCUT2D eigenvalue weighted by Crippen LogP contribution is 2.33. The van der Waals surface area contributed by atoms with E-state index in [9.17, 15) is 4.79 Å². The maximum atomic E-state index is 12.1. The lowest BCUT2D eigenvalue weighted by Gasteiger charge is -2.36. The lowest BCUT2D eigenvalue weighted by molar-refractivity contribution is -0.153. The van der Waals surface area contributed by atoms with Gasteiger partial charge in [0.2, 0.25) is 11.9 Å². The molecule has 0 bridgehead atoms. The van der Waals surface area contributed by atoms with Crippen molar-refractivity contribution < 1.29 is 9.53 Å². The molecular formula is C14H18N4O2. The van der Waals surface area contributed by atoms with Crippen molar-refractivity contribution in [2.45, 2.75) is 25.0 Å². The largest absolute Gasteiger partial charge is 0.364 e. The van der Waals surface area contributed by atoms with Crippen LogP contribution in [0.15, 0.2) is 18.5 Å². The molecular weight excluding hydrogens is 256 g/mol. The van der Waals surface area contributed by atoms with Crippen molar-refractivity contribution in [3.8, 4) is 0 Å². The van der Waals surface area contributed by atoms with Crippen molar-refractivity contribution in [1.29, 1.82) is 0 Å². The predicted molar refractivity (Wildman–Crippen MR) is 72.2 cm³/mol. The zero-order valence-corrected chi connectivity index (χ0v) is 11.3. The Labute approximate surface area is 117 Å². The van der Waals surface area contributed by atoms with Crippen LogP contribution in [0.3, 0.4) is 0 Å². The Morgan fingerprint density at radius 2 is 2.05 bits per heavy atom. The normalized spacial score (nSPS) is 29.7. The first-order valence-corrected chi connectivity index (χ1v) is 7.24. The third kappa shape index (κ3) is 2.14. The number of nitrogens with zero attached hydrogens (tertiary/aromatic N) is 4. The topological polar surface area (TPSA) is 58.6 Å². The average molecular weight is 274 g/mol. The van der Waals surface area contributed by atoms with E-state index in [0.717, 1.165) is 25.6 Å². The molecule has 0 spiro atoms. The molecule has 1 saturated carbocycles. The van der Waals surface area contributed by atoms with Crippen LogP contribution in [0.5, 0.6) is 0 Å². The van der Waals surface area contributed by atoms with E-state index in [1.54, 1.807) is 12.4 Å². The van der Waals surface area contributed by atoms with E-state index < -0.39 is 0 Å². The van der Waals surface area contributed by atoms with Crippen molar-refractivity contribution in [2.75, 3.05) is 31.1 Å². The van der Waals surface area contributed by atoms with E-state index in [2.05, 4.69) is 14.9 Å². The molecule has 1 aromatic rings. The Kier molecular flexibility index (Phi) is 2.84. The van der Waals surface area contributed by atoms with Crippen molar-refractivity contribution in [3.63, 3.8) is 0 Å². The van der Waals surface area contributed by atoms with Gasteiger partial charge in [0, 0.05) is 32.0 Å². The number of carbonyl (C=O) groups is 1. The molecule has 106 valence electrons. The zero-order valence-electron chi connectivity index (χ0n) is 11.3. The molecule has 6 nitrogen and oxygen atoms in total. The molecule has 1 aromatic heterocycles. The molecule has 0 N–H and O–H groups in total. The second-order valence-electron chi connectivity index (χ2n) is 5.86. The van der Waals surface area contributed by atoms with Gasteiger partial charge in [-0.25, -0.2) is 9.97 Å². The van der Waals surface area contributed by atoms with Gasteiger partial charge in [0.25, 0.3) is 0 Å². The first-order chi connectivity index (χ1) is 9.81. The summed E-state index contributed by atoms with van der Waals surface area (Å²) in [5, 5.41) is 0. The molecule has 6 heteroatoms. The molecule has 2 unspecified atom stereocenters. The van der Waals surface area contributed by atoms with Gasteiger partial charge in [-0.1, -0.05) is 0 Å². The third-order valence-electron chi connectivity index (χ3n) is 4.37.